The third-order valence-electron chi connectivity index (χ3n) is 3.90. The first-order valence-corrected chi connectivity index (χ1v) is 8.56. The normalized spacial score (nSPS) is 11.6. The molecule has 1 aromatic carbocycles. The van der Waals surface area contributed by atoms with Crippen molar-refractivity contribution in [2.45, 2.75) is 12.6 Å². The molecule has 0 aliphatic rings. The number of nitro groups is 1. The average Bonchev–Trinajstić information content (AvgIpc) is 3.20. The van der Waals surface area contributed by atoms with Crippen LogP contribution in [0.25, 0.3) is 10.6 Å². The number of hydrogen-bond acceptors (Lipinski definition) is 5. The summed E-state index contributed by atoms with van der Waals surface area (Å²) in [6, 6.07) is 7.26. The Morgan fingerprint density at radius 3 is 2.54 bits per heavy atom. The number of aromatic nitrogens is 2. The smallest absolute Gasteiger partial charge is 0.293 e. The molecule has 0 bridgehead atoms. The minimum Gasteiger partial charge on any atom is -0.293 e. The zero-order valence-electron chi connectivity index (χ0n) is 14.2. The lowest BCUT2D eigenvalue weighted by Gasteiger charge is -2.00. The predicted octanol–water partition coefficient (Wildman–Crippen LogP) is 4.64. The molecule has 146 valence electrons. The van der Waals surface area contributed by atoms with E-state index >= 15 is 0 Å². The molecule has 0 spiro atoms. The fraction of sp³-hybridized carbons (Fsp3) is 0.176. The number of Topliss-reactive ketones (excluding diaryl/α,β-unsaturated/α-hetero) is 1. The van der Waals surface area contributed by atoms with Crippen molar-refractivity contribution in [2.75, 3.05) is 0 Å². The number of benzene rings is 1. The Balaban J connectivity index is 2.01. The highest BCUT2D eigenvalue weighted by molar-refractivity contribution is 7.18. The molecule has 2 aromatic heterocycles. The molecule has 0 aliphatic heterocycles. The summed E-state index contributed by atoms with van der Waals surface area (Å²) in [5.41, 5.74) is -1.75. The van der Waals surface area contributed by atoms with Gasteiger partial charge in [0.2, 0.25) is 0 Å². The van der Waals surface area contributed by atoms with E-state index in [0.717, 1.165) is 10.7 Å². The Bertz CT molecular complexity index is 1070. The van der Waals surface area contributed by atoms with Crippen molar-refractivity contribution in [1.29, 1.82) is 0 Å². The van der Waals surface area contributed by atoms with Gasteiger partial charge in [0, 0.05) is 19.5 Å². The number of hydrogen-bond donors (Lipinski definition) is 0. The van der Waals surface area contributed by atoms with Gasteiger partial charge in [-0.15, -0.1) is 11.3 Å². The van der Waals surface area contributed by atoms with Crippen LogP contribution in [-0.2, 0) is 19.6 Å². The van der Waals surface area contributed by atoms with Crippen molar-refractivity contribution in [3.63, 3.8) is 0 Å². The van der Waals surface area contributed by atoms with Gasteiger partial charge >= 0.3 is 6.18 Å². The van der Waals surface area contributed by atoms with Crippen LogP contribution < -0.4 is 0 Å². The second-order valence-corrected chi connectivity index (χ2v) is 6.86. The number of alkyl halides is 3. The zero-order valence-corrected chi connectivity index (χ0v) is 15.0. The van der Waals surface area contributed by atoms with E-state index in [2.05, 4.69) is 5.10 Å². The molecule has 28 heavy (non-hydrogen) atoms. The summed E-state index contributed by atoms with van der Waals surface area (Å²) in [5, 5.41) is 14.7. The quantitative estimate of drug-likeness (QED) is 0.264. The minimum absolute atomic E-state index is 0.0558. The second kappa shape index (κ2) is 7.15. The topological polar surface area (TPSA) is 78.0 Å². The second-order valence-electron chi connectivity index (χ2n) is 5.81. The van der Waals surface area contributed by atoms with Crippen LogP contribution in [0.1, 0.15) is 20.9 Å². The first-order chi connectivity index (χ1) is 13.1. The lowest BCUT2D eigenvalue weighted by molar-refractivity contribution is -0.383. The molecule has 0 N–H and O–H groups in total. The van der Waals surface area contributed by atoms with Gasteiger partial charge in [-0.1, -0.05) is 18.2 Å². The van der Waals surface area contributed by atoms with Gasteiger partial charge in [-0.05, 0) is 17.7 Å². The Morgan fingerprint density at radius 2 is 1.96 bits per heavy atom. The molecule has 6 nitrogen and oxygen atoms in total. The number of ketones is 1. The number of halogens is 4. The maximum Gasteiger partial charge on any atom is 0.435 e. The minimum atomic E-state index is -4.72. The molecule has 11 heteroatoms. The van der Waals surface area contributed by atoms with Crippen molar-refractivity contribution < 1.29 is 27.3 Å². The van der Waals surface area contributed by atoms with E-state index in [0.29, 0.717) is 17.4 Å². The average molecular weight is 413 g/mol. The molecule has 0 saturated heterocycles. The summed E-state index contributed by atoms with van der Waals surface area (Å²) in [7, 11) is 1.22. The molecule has 3 rings (SSSR count). The highest BCUT2D eigenvalue weighted by atomic mass is 32.1. The first kappa shape index (κ1) is 19.7. The molecule has 2 heterocycles. The van der Waals surface area contributed by atoms with Crippen molar-refractivity contribution in [1.82, 2.24) is 9.78 Å². The first-order valence-electron chi connectivity index (χ1n) is 7.74. The van der Waals surface area contributed by atoms with E-state index in [4.69, 9.17) is 0 Å². The maximum atomic E-state index is 13.7. The summed E-state index contributed by atoms with van der Waals surface area (Å²) in [4.78, 5) is 22.8. The fourth-order valence-electron chi connectivity index (χ4n) is 2.56. The van der Waals surface area contributed by atoms with E-state index in [9.17, 15) is 32.5 Å². The van der Waals surface area contributed by atoms with E-state index < -0.39 is 34.1 Å². The van der Waals surface area contributed by atoms with Crippen molar-refractivity contribution in [2.24, 2.45) is 7.05 Å². The molecule has 0 radical (unpaired) electrons. The third-order valence-corrected chi connectivity index (χ3v) is 5.08. The highest BCUT2D eigenvalue weighted by Crippen LogP contribution is 2.40. The summed E-state index contributed by atoms with van der Waals surface area (Å²) < 4.78 is 53.2. The van der Waals surface area contributed by atoms with Crippen LogP contribution in [0.5, 0.6) is 0 Å². The summed E-state index contributed by atoms with van der Waals surface area (Å²) in [6.45, 7) is 0. The van der Waals surface area contributed by atoms with Crippen molar-refractivity contribution in [3.05, 3.63) is 68.5 Å². The van der Waals surface area contributed by atoms with Crippen LogP contribution in [-0.4, -0.2) is 20.5 Å². The number of nitrogens with zero attached hydrogens (tertiary/aromatic N) is 3. The fourth-order valence-corrected chi connectivity index (χ4v) is 3.67. The molecular weight excluding hydrogens is 402 g/mol. The van der Waals surface area contributed by atoms with Crippen LogP contribution in [0.2, 0.25) is 0 Å². The Hall–Kier alpha value is -3.08. The van der Waals surface area contributed by atoms with Crippen LogP contribution in [0, 0.1) is 15.9 Å². The molecule has 0 atom stereocenters. The van der Waals surface area contributed by atoms with Gasteiger partial charge in [0.05, 0.1) is 15.5 Å². The Labute approximate surface area is 159 Å². The summed E-state index contributed by atoms with van der Waals surface area (Å²) in [6.07, 6.45) is -5.05. The Kier molecular flexibility index (Phi) is 5.02. The molecule has 0 saturated carbocycles. The molecule has 0 amide bonds. The van der Waals surface area contributed by atoms with Gasteiger partial charge < -0.3 is 0 Å². The Morgan fingerprint density at radius 1 is 1.29 bits per heavy atom. The van der Waals surface area contributed by atoms with E-state index in [1.807, 2.05) is 0 Å². The van der Waals surface area contributed by atoms with Gasteiger partial charge in [-0.2, -0.15) is 18.3 Å². The van der Waals surface area contributed by atoms with Crippen LogP contribution in [0.15, 0.2) is 36.4 Å². The largest absolute Gasteiger partial charge is 0.435 e. The standard InChI is InChI=1S/C17H11F4N3O3S/c1-23-11(8-15(22-23)17(19,20)21)16-12(24(26)27)7-14(28-16)13(25)6-9-4-2-3-5-10(9)18/h2-5,7-8H,6H2,1H3. The number of thiophene rings is 1. The van der Waals surface area contributed by atoms with Crippen LogP contribution >= 0.6 is 11.3 Å². The molecule has 0 unspecified atom stereocenters. The summed E-state index contributed by atoms with van der Waals surface area (Å²) in [5.74, 6) is -1.17. The van der Waals surface area contributed by atoms with Crippen LogP contribution in [0.4, 0.5) is 23.2 Å². The van der Waals surface area contributed by atoms with Gasteiger partial charge in [0.1, 0.15) is 10.7 Å². The SMILES string of the molecule is Cn1nc(C(F)(F)F)cc1-c1sc(C(=O)Cc2ccccc2F)cc1[N+](=O)[O-]. The molecule has 0 aliphatic carbocycles. The third kappa shape index (κ3) is 3.79. The maximum absolute atomic E-state index is 13.7. The predicted molar refractivity (Wildman–Crippen MR) is 92.6 cm³/mol. The number of aryl methyl sites for hydroxylation is 1. The van der Waals surface area contributed by atoms with Crippen molar-refractivity contribution in [3.8, 4) is 10.6 Å². The number of carbonyl (C=O) groups is 1. The van der Waals surface area contributed by atoms with Gasteiger partial charge in [-0.3, -0.25) is 19.6 Å². The van der Waals surface area contributed by atoms with Gasteiger partial charge in [-0.25, -0.2) is 4.39 Å². The van der Waals surface area contributed by atoms with Gasteiger partial charge in [0.25, 0.3) is 5.69 Å². The van der Waals surface area contributed by atoms with E-state index in [1.54, 1.807) is 6.07 Å². The van der Waals surface area contributed by atoms with Gasteiger partial charge in [0.15, 0.2) is 11.5 Å². The molecular formula is C17H11F4N3O3S. The highest BCUT2D eigenvalue weighted by Gasteiger charge is 2.36. The van der Waals surface area contributed by atoms with Crippen molar-refractivity contribution >= 4 is 22.8 Å². The number of carbonyl (C=O) groups excluding carboxylic acids is 1. The van der Waals surface area contributed by atoms with E-state index in [-0.39, 0.29) is 27.4 Å². The molecule has 0 fully saturated rings. The van der Waals surface area contributed by atoms with E-state index in [1.165, 1.54) is 25.2 Å². The zero-order chi connectivity index (χ0) is 20.6. The number of rotatable bonds is 5. The lowest BCUT2D eigenvalue weighted by atomic mass is 10.1. The lowest BCUT2D eigenvalue weighted by Crippen LogP contribution is -2.06. The molecule has 3 aromatic rings. The summed E-state index contributed by atoms with van der Waals surface area (Å²) >= 11 is 0.670. The monoisotopic (exact) mass is 413 g/mol. The van der Waals surface area contributed by atoms with Crippen LogP contribution in [0.3, 0.4) is 0 Å².